The number of thiophene rings is 1. The van der Waals surface area contributed by atoms with Crippen LogP contribution in [0.15, 0.2) is 12.1 Å². The molecule has 0 bridgehead atoms. The van der Waals surface area contributed by atoms with Crippen molar-refractivity contribution in [3.8, 4) is 0 Å². The minimum atomic E-state index is 0.331. The molecule has 1 aliphatic carbocycles. The van der Waals surface area contributed by atoms with Gasteiger partial charge in [0.2, 0.25) is 0 Å². The molecule has 1 saturated heterocycles. The van der Waals surface area contributed by atoms with Crippen LogP contribution in [0, 0.1) is 5.92 Å². The molecule has 18 heavy (non-hydrogen) atoms. The van der Waals surface area contributed by atoms with Crippen LogP contribution in [0.4, 0.5) is 0 Å². The van der Waals surface area contributed by atoms with Gasteiger partial charge in [0.15, 0.2) is 0 Å². The molecule has 100 valence electrons. The van der Waals surface area contributed by atoms with E-state index in [9.17, 15) is 0 Å². The lowest BCUT2D eigenvalue weighted by atomic mass is 9.95. The maximum Gasteiger partial charge on any atom is 0.0931 e. The van der Waals surface area contributed by atoms with Crippen LogP contribution in [0.2, 0.25) is 4.34 Å². The molecule has 1 aromatic heterocycles. The summed E-state index contributed by atoms with van der Waals surface area (Å²) in [6.07, 6.45) is 4.06. The lowest BCUT2D eigenvalue weighted by Gasteiger charge is -2.33. The third-order valence-electron chi connectivity index (χ3n) is 4.22. The van der Waals surface area contributed by atoms with E-state index in [0.29, 0.717) is 5.54 Å². The highest BCUT2D eigenvalue weighted by Crippen LogP contribution is 2.40. The second-order valence-corrected chi connectivity index (χ2v) is 7.69. The Kier molecular flexibility index (Phi) is 3.68. The number of halogens is 1. The van der Waals surface area contributed by atoms with Gasteiger partial charge < -0.3 is 5.32 Å². The number of rotatable bonds is 3. The van der Waals surface area contributed by atoms with Crippen LogP contribution in [0.5, 0.6) is 0 Å². The number of hydrogen-bond donors (Lipinski definition) is 1. The fourth-order valence-electron chi connectivity index (χ4n) is 3.06. The average molecular weight is 285 g/mol. The molecule has 0 spiro atoms. The molecule has 1 saturated carbocycles. The zero-order valence-corrected chi connectivity index (χ0v) is 12.5. The minimum Gasteiger partial charge on any atom is -0.310 e. The summed E-state index contributed by atoms with van der Waals surface area (Å²) in [6, 6.07) is 4.18. The third-order valence-corrected chi connectivity index (χ3v) is 5.43. The molecule has 3 rings (SSSR count). The van der Waals surface area contributed by atoms with Crippen molar-refractivity contribution in [1.29, 1.82) is 0 Å². The highest BCUT2D eigenvalue weighted by Gasteiger charge is 2.42. The van der Waals surface area contributed by atoms with E-state index in [1.165, 1.54) is 37.2 Å². The second kappa shape index (κ2) is 5.12. The largest absolute Gasteiger partial charge is 0.310 e. The summed E-state index contributed by atoms with van der Waals surface area (Å²) in [5.41, 5.74) is 0.331. The number of nitrogens with zero attached hydrogens (tertiary/aromatic N) is 1. The van der Waals surface area contributed by atoms with Gasteiger partial charge in [-0.15, -0.1) is 11.3 Å². The molecule has 0 radical (unpaired) electrons. The summed E-state index contributed by atoms with van der Waals surface area (Å²) in [6.45, 7) is 7.00. The first-order valence-electron chi connectivity index (χ1n) is 6.87. The fraction of sp³-hybridized carbons (Fsp3) is 0.714. The molecule has 2 nitrogen and oxygen atoms in total. The van der Waals surface area contributed by atoms with E-state index in [-0.39, 0.29) is 0 Å². The van der Waals surface area contributed by atoms with Crippen molar-refractivity contribution in [2.24, 2.45) is 5.92 Å². The van der Waals surface area contributed by atoms with Crippen LogP contribution in [-0.2, 0) is 6.54 Å². The lowest BCUT2D eigenvalue weighted by molar-refractivity contribution is 0.196. The number of hydrogen-bond acceptors (Lipinski definition) is 3. The van der Waals surface area contributed by atoms with Crippen molar-refractivity contribution in [2.75, 3.05) is 19.6 Å². The van der Waals surface area contributed by atoms with Crippen molar-refractivity contribution in [3.63, 3.8) is 0 Å². The van der Waals surface area contributed by atoms with Gasteiger partial charge in [-0.3, -0.25) is 4.90 Å². The van der Waals surface area contributed by atoms with Gasteiger partial charge in [-0.1, -0.05) is 11.6 Å². The Balaban J connectivity index is 1.67. The first-order chi connectivity index (χ1) is 8.66. The molecule has 1 atom stereocenters. The van der Waals surface area contributed by atoms with E-state index in [2.05, 4.69) is 23.2 Å². The Bertz CT molecular complexity index is 416. The van der Waals surface area contributed by atoms with Crippen molar-refractivity contribution in [1.82, 2.24) is 10.2 Å². The van der Waals surface area contributed by atoms with Crippen LogP contribution in [-0.4, -0.2) is 30.1 Å². The molecule has 1 aromatic rings. The maximum atomic E-state index is 6.01. The topological polar surface area (TPSA) is 15.3 Å². The SMILES string of the molecule is CC1(C2CC2)CN(Cc2ccc(Cl)s2)CCCN1. The first-order valence-corrected chi connectivity index (χ1v) is 8.07. The quantitative estimate of drug-likeness (QED) is 0.916. The predicted molar refractivity (Wildman–Crippen MR) is 78.4 cm³/mol. The van der Waals surface area contributed by atoms with Crippen LogP contribution in [0.1, 0.15) is 31.1 Å². The van der Waals surface area contributed by atoms with E-state index >= 15 is 0 Å². The summed E-state index contributed by atoms with van der Waals surface area (Å²) >= 11 is 7.73. The van der Waals surface area contributed by atoms with Gasteiger partial charge in [-0.05, 0) is 57.3 Å². The Morgan fingerprint density at radius 3 is 3.00 bits per heavy atom. The van der Waals surface area contributed by atoms with Crippen LogP contribution in [0.3, 0.4) is 0 Å². The van der Waals surface area contributed by atoms with Gasteiger partial charge in [0.25, 0.3) is 0 Å². The van der Waals surface area contributed by atoms with Crippen LogP contribution < -0.4 is 5.32 Å². The second-order valence-electron chi connectivity index (χ2n) is 5.89. The van der Waals surface area contributed by atoms with E-state index in [1.807, 2.05) is 6.07 Å². The van der Waals surface area contributed by atoms with Crippen molar-refractivity contribution in [3.05, 3.63) is 21.3 Å². The molecule has 1 aliphatic heterocycles. The molecular formula is C14H21ClN2S. The Hall–Kier alpha value is -0.0900. The van der Waals surface area contributed by atoms with Gasteiger partial charge in [0, 0.05) is 23.5 Å². The zero-order chi connectivity index (χ0) is 12.6. The summed E-state index contributed by atoms with van der Waals surface area (Å²) in [5.74, 6) is 0.894. The highest BCUT2D eigenvalue weighted by atomic mass is 35.5. The van der Waals surface area contributed by atoms with E-state index < -0.39 is 0 Å². The molecule has 2 heterocycles. The molecular weight excluding hydrogens is 264 g/mol. The molecule has 1 N–H and O–H groups in total. The summed E-state index contributed by atoms with van der Waals surface area (Å²) < 4.78 is 0.905. The van der Waals surface area contributed by atoms with E-state index in [4.69, 9.17) is 11.6 Å². The van der Waals surface area contributed by atoms with Crippen molar-refractivity contribution >= 4 is 22.9 Å². The van der Waals surface area contributed by atoms with Gasteiger partial charge >= 0.3 is 0 Å². The molecule has 0 aromatic carbocycles. The number of nitrogens with one attached hydrogen (secondary N) is 1. The van der Waals surface area contributed by atoms with Gasteiger partial charge in [-0.25, -0.2) is 0 Å². The van der Waals surface area contributed by atoms with E-state index in [0.717, 1.165) is 23.3 Å². The van der Waals surface area contributed by atoms with Crippen molar-refractivity contribution in [2.45, 2.75) is 38.3 Å². The standard InChI is InChI=1S/C14H21ClN2S/c1-14(11-3-4-11)10-17(8-2-7-16-14)9-12-5-6-13(15)18-12/h5-6,11,16H,2-4,7-10H2,1H3. The Morgan fingerprint density at radius 1 is 1.50 bits per heavy atom. The summed E-state index contributed by atoms with van der Waals surface area (Å²) in [7, 11) is 0. The zero-order valence-electron chi connectivity index (χ0n) is 10.9. The fourth-order valence-corrected chi connectivity index (χ4v) is 4.19. The highest BCUT2D eigenvalue weighted by molar-refractivity contribution is 7.16. The van der Waals surface area contributed by atoms with Crippen LogP contribution in [0.25, 0.3) is 0 Å². The molecule has 0 amide bonds. The van der Waals surface area contributed by atoms with Crippen molar-refractivity contribution < 1.29 is 0 Å². The van der Waals surface area contributed by atoms with Gasteiger partial charge in [0.05, 0.1) is 4.34 Å². The summed E-state index contributed by atoms with van der Waals surface area (Å²) in [4.78, 5) is 3.99. The molecule has 2 fully saturated rings. The van der Waals surface area contributed by atoms with Gasteiger partial charge in [0.1, 0.15) is 0 Å². The Morgan fingerprint density at radius 2 is 2.33 bits per heavy atom. The smallest absolute Gasteiger partial charge is 0.0931 e. The molecule has 2 aliphatic rings. The monoisotopic (exact) mass is 284 g/mol. The van der Waals surface area contributed by atoms with Gasteiger partial charge in [-0.2, -0.15) is 0 Å². The summed E-state index contributed by atoms with van der Waals surface area (Å²) in [5, 5.41) is 3.78. The third kappa shape index (κ3) is 2.90. The average Bonchev–Trinajstić information content (AvgIpc) is 3.11. The molecule has 4 heteroatoms. The Labute approximate surface area is 118 Å². The molecule has 1 unspecified atom stereocenters. The van der Waals surface area contributed by atoms with E-state index in [1.54, 1.807) is 11.3 Å². The normalized spacial score (nSPS) is 30.3. The minimum absolute atomic E-state index is 0.331. The van der Waals surface area contributed by atoms with Crippen LogP contribution >= 0.6 is 22.9 Å². The lowest BCUT2D eigenvalue weighted by Crippen LogP contribution is -2.50. The maximum absolute atomic E-state index is 6.01. The first kappa shape index (κ1) is 12.9. The predicted octanol–water partition coefficient (Wildman–Crippen LogP) is 3.37.